The van der Waals surface area contributed by atoms with E-state index in [-0.39, 0.29) is 24.8 Å². The second-order valence-electron chi connectivity index (χ2n) is 4.61. The molecule has 1 nitrogen and oxygen atoms in total. The molecule has 1 aromatic rings. The lowest BCUT2D eigenvalue weighted by Gasteiger charge is -2.23. The molecule has 0 aliphatic rings. The summed E-state index contributed by atoms with van der Waals surface area (Å²) in [5.41, 5.74) is 5.96. The maximum atomic E-state index is 13.9. The third-order valence-electron chi connectivity index (χ3n) is 3.01. The molecule has 2 N–H and O–H groups in total. The van der Waals surface area contributed by atoms with Gasteiger partial charge in [0, 0.05) is 12.3 Å². The van der Waals surface area contributed by atoms with Gasteiger partial charge in [-0.1, -0.05) is 19.9 Å². The van der Waals surface area contributed by atoms with Crippen LogP contribution >= 0.6 is 0 Å². The summed E-state index contributed by atoms with van der Waals surface area (Å²) in [7, 11) is 0. The minimum Gasteiger partial charge on any atom is -0.330 e. The Morgan fingerprint density at radius 2 is 1.82 bits per heavy atom. The van der Waals surface area contributed by atoms with Crippen LogP contribution in [0.3, 0.4) is 0 Å². The minimum atomic E-state index is -1.13. The van der Waals surface area contributed by atoms with Gasteiger partial charge in [0.1, 0.15) is 6.17 Å². The van der Waals surface area contributed by atoms with Gasteiger partial charge in [0.15, 0.2) is 11.6 Å². The van der Waals surface area contributed by atoms with Crippen LogP contribution in [0.2, 0.25) is 0 Å². The fourth-order valence-electron chi connectivity index (χ4n) is 1.88. The third-order valence-corrected chi connectivity index (χ3v) is 3.01. The Hall–Kier alpha value is -1.03. The second-order valence-corrected chi connectivity index (χ2v) is 4.61. The van der Waals surface area contributed by atoms with Crippen molar-refractivity contribution in [2.75, 3.05) is 6.54 Å². The van der Waals surface area contributed by atoms with Crippen LogP contribution in [0.1, 0.15) is 19.4 Å². The Morgan fingerprint density at radius 1 is 1.18 bits per heavy atom. The summed E-state index contributed by atoms with van der Waals surface area (Å²) in [6.07, 6.45) is -1.07. The molecular weight excluding hydrogens is 227 g/mol. The fourth-order valence-corrected chi connectivity index (χ4v) is 1.88. The van der Waals surface area contributed by atoms with Crippen molar-refractivity contribution >= 4 is 0 Å². The lowest BCUT2D eigenvalue weighted by molar-refractivity contribution is 0.185. The van der Waals surface area contributed by atoms with Gasteiger partial charge >= 0.3 is 0 Å². The molecule has 0 saturated heterocycles. The summed E-state index contributed by atoms with van der Waals surface area (Å²) in [4.78, 5) is 0. The molecule has 2 atom stereocenters. The summed E-state index contributed by atoms with van der Waals surface area (Å²) in [6.45, 7) is 4.05. The first-order valence-corrected chi connectivity index (χ1v) is 5.73. The number of alkyl halides is 1. The summed E-state index contributed by atoms with van der Waals surface area (Å²) >= 11 is 0. The quantitative estimate of drug-likeness (QED) is 0.847. The van der Waals surface area contributed by atoms with E-state index in [0.717, 1.165) is 12.1 Å². The van der Waals surface area contributed by atoms with Crippen LogP contribution in [-0.2, 0) is 6.42 Å². The van der Waals surface area contributed by atoms with Crippen LogP contribution in [0.25, 0.3) is 0 Å². The average Bonchev–Trinajstić information content (AvgIpc) is 2.24. The molecule has 4 heteroatoms. The number of rotatable bonds is 5. The monoisotopic (exact) mass is 245 g/mol. The Kier molecular flexibility index (Phi) is 5.00. The molecule has 0 spiro atoms. The molecule has 0 aromatic heterocycles. The molecule has 17 heavy (non-hydrogen) atoms. The minimum absolute atomic E-state index is 0.0667. The zero-order valence-electron chi connectivity index (χ0n) is 10.1. The van der Waals surface area contributed by atoms with Gasteiger partial charge in [-0.15, -0.1) is 0 Å². The van der Waals surface area contributed by atoms with E-state index in [1.807, 2.05) is 13.8 Å². The number of halogens is 3. The molecule has 0 bridgehead atoms. The van der Waals surface area contributed by atoms with E-state index < -0.39 is 17.8 Å². The van der Waals surface area contributed by atoms with Crippen molar-refractivity contribution in [2.24, 2.45) is 17.6 Å². The highest BCUT2D eigenvalue weighted by atomic mass is 19.2. The topological polar surface area (TPSA) is 26.0 Å². The van der Waals surface area contributed by atoms with Crippen LogP contribution in [0.5, 0.6) is 0 Å². The van der Waals surface area contributed by atoms with Crippen LogP contribution in [0.4, 0.5) is 13.2 Å². The van der Waals surface area contributed by atoms with Gasteiger partial charge in [-0.05, 0) is 30.2 Å². The molecule has 0 aliphatic heterocycles. The Morgan fingerprint density at radius 3 is 2.29 bits per heavy atom. The van der Waals surface area contributed by atoms with Crippen molar-refractivity contribution < 1.29 is 13.2 Å². The first kappa shape index (κ1) is 14.0. The van der Waals surface area contributed by atoms with Crippen LogP contribution in [-0.4, -0.2) is 12.7 Å². The first-order valence-electron chi connectivity index (χ1n) is 5.73. The Balaban J connectivity index is 2.73. The molecule has 0 saturated carbocycles. The van der Waals surface area contributed by atoms with Gasteiger partial charge in [-0.25, -0.2) is 13.2 Å². The predicted octanol–water partition coefficient (Wildman–Crippen LogP) is 3.08. The van der Waals surface area contributed by atoms with Gasteiger partial charge in [-0.2, -0.15) is 0 Å². The lowest BCUT2D eigenvalue weighted by Crippen LogP contribution is -2.30. The summed E-state index contributed by atoms with van der Waals surface area (Å²) in [5, 5.41) is 0. The highest BCUT2D eigenvalue weighted by Crippen LogP contribution is 2.21. The molecule has 0 amide bonds. The average molecular weight is 245 g/mol. The van der Waals surface area contributed by atoms with E-state index in [1.165, 1.54) is 6.07 Å². The second kappa shape index (κ2) is 6.05. The zero-order valence-corrected chi connectivity index (χ0v) is 10.1. The van der Waals surface area contributed by atoms with E-state index in [1.54, 1.807) is 0 Å². The highest BCUT2D eigenvalue weighted by molar-refractivity contribution is 5.18. The molecule has 0 radical (unpaired) electrons. The van der Waals surface area contributed by atoms with Gasteiger partial charge < -0.3 is 5.73 Å². The van der Waals surface area contributed by atoms with E-state index in [9.17, 15) is 13.2 Å². The normalized spacial score (nSPS) is 15.0. The molecule has 1 rings (SSSR count). The Bertz CT molecular complexity index is 366. The van der Waals surface area contributed by atoms with Crippen molar-refractivity contribution in [2.45, 2.75) is 26.4 Å². The van der Waals surface area contributed by atoms with E-state index in [0.29, 0.717) is 5.56 Å². The first-order chi connectivity index (χ1) is 7.95. The van der Waals surface area contributed by atoms with Crippen molar-refractivity contribution in [3.63, 3.8) is 0 Å². The van der Waals surface area contributed by atoms with Gasteiger partial charge in [0.25, 0.3) is 0 Å². The SMILES string of the molecule is CC(C)C(CN)C(F)Cc1ccc(F)c(F)c1. The molecular formula is C13H18F3N. The summed E-state index contributed by atoms with van der Waals surface area (Å²) in [5.74, 6) is -1.99. The maximum Gasteiger partial charge on any atom is 0.159 e. The zero-order chi connectivity index (χ0) is 13.0. The highest BCUT2D eigenvalue weighted by Gasteiger charge is 2.23. The molecule has 96 valence electrons. The number of hydrogen-bond acceptors (Lipinski definition) is 1. The Labute approximate surface area is 99.8 Å². The van der Waals surface area contributed by atoms with Crippen molar-refractivity contribution in [1.82, 2.24) is 0 Å². The molecule has 0 heterocycles. The van der Waals surface area contributed by atoms with Gasteiger partial charge in [0.2, 0.25) is 0 Å². The largest absolute Gasteiger partial charge is 0.330 e. The van der Waals surface area contributed by atoms with E-state index in [4.69, 9.17) is 5.73 Å². The third kappa shape index (κ3) is 3.73. The summed E-state index contributed by atoms with van der Waals surface area (Å²) < 4.78 is 39.6. The lowest BCUT2D eigenvalue weighted by atomic mass is 9.88. The maximum absolute atomic E-state index is 13.9. The van der Waals surface area contributed by atoms with Crippen molar-refractivity contribution in [1.29, 1.82) is 0 Å². The smallest absolute Gasteiger partial charge is 0.159 e. The number of hydrogen-bond donors (Lipinski definition) is 1. The summed E-state index contributed by atoms with van der Waals surface area (Å²) in [6, 6.07) is 3.46. The van der Waals surface area contributed by atoms with E-state index >= 15 is 0 Å². The molecule has 0 aliphatic carbocycles. The van der Waals surface area contributed by atoms with Crippen LogP contribution < -0.4 is 5.73 Å². The van der Waals surface area contributed by atoms with Crippen LogP contribution in [0.15, 0.2) is 18.2 Å². The van der Waals surface area contributed by atoms with Gasteiger partial charge in [-0.3, -0.25) is 0 Å². The van der Waals surface area contributed by atoms with Crippen LogP contribution in [0, 0.1) is 23.5 Å². The van der Waals surface area contributed by atoms with Crippen molar-refractivity contribution in [3.8, 4) is 0 Å². The predicted molar refractivity (Wildman–Crippen MR) is 62.3 cm³/mol. The molecule has 2 unspecified atom stereocenters. The molecule has 0 fully saturated rings. The van der Waals surface area contributed by atoms with Gasteiger partial charge in [0.05, 0.1) is 0 Å². The number of nitrogens with two attached hydrogens (primary N) is 1. The number of benzene rings is 1. The van der Waals surface area contributed by atoms with Crippen molar-refractivity contribution in [3.05, 3.63) is 35.4 Å². The standard InChI is InChI=1S/C13H18F3N/c1-8(2)10(7-17)12(15)5-9-3-4-11(14)13(16)6-9/h3-4,6,8,10,12H,5,7,17H2,1-2H3. The van der Waals surface area contributed by atoms with E-state index in [2.05, 4.69) is 0 Å². The molecule has 1 aromatic carbocycles. The fraction of sp³-hybridized carbons (Fsp3) is 0.538.